The lowest BCUT2D eigenvalue weighted by atomic mass is 9.75. The molecule has 2 aliphatic rings. The lowest BCUT2D eigenvalue weighted by Gasteiger charge is -2.40. The van der Waals surface area contributed by atoms with Crippen molar-refractivity contribution in [3.63, 3.8) is 0 Å². The number of hydrogen-bond donors (Lipinski definition) is 2. The van der Waals surface area contributed by atoms with Gasteiger partial charge in [-0.05, 0) is 48.1 Å². The van der Waals surface area contributed by atoms with Gasteiger partial charge < -0.3 is 11.1 Å². The number of amides is 1. The van der Waals surface area contributed by atoms with Gasteiger partial charge in [-0.25, -0.2) is 4.99 Å². The molecule has 2 heterocycles. The second kappa shape index (κ2) is 12.6. The number of aliphatic imine (C=N–C) groups is 1. The van der Waals surface area contributed by atoms with Gasteiger partial charge in [0.1, 0.15) is 5.54 Å². The quantitative estimate of drug-likeness (QED) is 0.492. The van der Waals surface area contributed by atoms with Crippen LogP contribution in [0.25, 0.3) is 11.1 Å². The molecule has 0 spiro atoms. The minimum absolute atomic E-state index is 0.166. The Hall–Kier alpha value is -4.27. The van der Waals surface area contributed by atoms with Gasteiger partial charge in [0, 0.05) is 30.0 Å². The van der Waals surface area contributed by atoms with E-state index in [2.05, 4.69) is 17.5 Å². The molecule has 0 fully saturated rings. The molecule has 1 amide bonds. The lowest BCUT2D eigenvalue weighted by molar-refractivity contribution is -0.132. The molecule has 1 aromatic heterocycles. The molecule has 1 aromatic carbocycles. The van der Waals surface area contributed by atoms with Crippen LogP contribution < -0.4 is 5.73 Å². The van der Waals surface area contributed by atoms with Gasteiger partial charge >= 0.3 is 0 Å². The number of hydrogen-bond acceptors (Lipinski definition) is 7. The standard InChI is InChI=1S/C25H23N5OS.C2H3N.C2H6/c1-15(13-26)19-10-9-17(11-20(19)27)22-23(31)30(3)24(28)29-25(22,2)21-12-18(14-32-21)16-7-5-4-6-8-16;1-2-3;1-2/h4-12,14,22,27H,1-3H3,(H2,28,29);1H3;1-2H3/b19-15+,27-20?;;. The molecule has 8 heteroatoms. The Kier molecular flexibility index (Phi) is 9.88. The number of allylic oxidation sites excluding steroid dienone is 5. The van der Waals surface area contributed by atoms with Crippen molar-refractivity contribution >= 4 is 28.9 Å². The molecular weight excluding hydrogens is 480 g/mol. The molecule has 7 nitrogen and oxygen atoms in total. The van der Waals surface area contributed by atoms with E-state index >= 15 is 0 Å². The predicted molar refractivity (Wildman–Crippen MR) is 151 cm³/mol. The van der Waals surface area contributed by atoms with Crippen LogP contribution in [0.15, 0.2) is 81.7 Å². The molecular formula is C29H32N6OS. The molecule has 190 valence electrons. The van der Waals surface area contributed by atoms with Gasteiger partial charge in [-0.1, -0.05) is 56.3 Å². The first kappa shape index (κ1) is 29.0. The number of nitrogens with zero attached hydrogens (tertiary/aromatic N) is 4. The minimum atomic E-state index is -0.923. The van der Waals surface area contributed by atoms with E-state index in [0.717, 1.165) is 16.0 Å². The van der Waals surface area contributed by atoms with Gasteiger partial charge in [-0.3, -0.25) is 9.69 Å². The van der Waals surface area contributed by atoms with Crippen LogP contribution in [-0.4, -0.2) is 29.5 Å². The van der Waals surface area contributed by atoms with E-state index in [1.165, 1.54) is 11.8 Å². The van der Waals surface area contributed by atoms with E-state index in [0.29, 0.717) is 16.7 Å². The first-order valence-corrected chi connectivity index (χ1v) is 12.7. The fourth-order valence-electron chi connectivity index (χ4n) is 4.10. The van der Waals surface area contributed by atoms with Crippen LogP contribution in [0.4, 0.5) is 0 Å². The van der Waals surface area contributed by atoms with Crippen LogP contribution in [0, 0.1) is 34.0 Å². The largest absolute Gasteiger partial charge is 0.369 e. The average Bonchev–Trinajstić information content (AvgIpc) is 3.41. The third kappa shape index (κ3) is 5.94. The summed E-state index contributed by atoms with van der Waals surface area (Å²) in [5.41, 5.74) is 9.26. The van der Waals surface area contributed by atoms with Crippen molar-refractivity contribution in [3.8, 4) is 23.3 Å². The number of nitriles is 2. The van der Waals surface area contributed by atoms with Gasteiger partial charge in [-0.2, -0.15) is 10.5 Å². The van der Waals surface area contributed by atoms with Crippen molar-refractivity contribution in [1.82, 2.24) is 4.90 Å². The second-order valence-electron chi connectivity index (χ2n) is 8.28. The minimum Gasteiger partial charge on any atom is -0.369 e. The Bertz CT molecular complexity index is 1370. The zero-order chi connectivity index (χ0) is 27.8. The molecule has 2 unspecified atom stereocenters. The third-order valence-electron chi connectivity index (χ3n) is 5.98. The number of rotatable bonds is 3. The summed E-state index contributed by atoms with van der Waals surface area (Å²) in [7, 11) is 1.61. The SMILES string of the molecule is C/C(C#N)=C1/C=CC(C2C(=O)N(C)C(N)=NC2(C)c2cc(-c3ccccc3)cs2)=CC1=N.CC.CC#N. The number of guanidine groups is 1. The van der Waals surface area contributed by atoms with Gasteiger partial charge in [0.15, 0.2) is 5.96 Å². The normalized spacial score (nSPS) is 21.7. The zero-order valence-electron chi connectivity index (χ0n) is 22.0. The van der Waals surface area contributed by atoms with Crippen LogP contribution in [0.5, 0.6) is 0 Å². The van der Waals surface area contributed by atoms with E-state index in [1.807, 2.05) is 57.2 Å². The molecule has 37 heavy (non-hydrogen) atoms. The summed E-state index contributed by atoms with van der Waals surface area (Å²) in [6.45, 7) is 9.03. The number of benzene rings is 1. The Labute approximate surface area is 223 Å². The fraction of sp³-hybridized carbons (Fsp3) is 0.276. The first-order chi connectivity index (χ1) is 17.7. The maximum Gasteiger partial charge on any atom is 0.239 e. The molecule has 2 aromatic rings. The summed E-state index contributed by atoms with van der Waals surface area (Å²) >= 11 is 1.54. The number of thiophene rings is 1. The van der Waals surface area contributed by atoms with E-state index in [-0.39, 0.29) is 17.6 Å². The van der Waals surface area contributed by atoms with Crippen LogP contribution in [0.2, 0.25) is 0 Å². The summed E-state index contributed by atoms with van der Waals surface area (Å²) in [6, 6.07) is 15.9. The lowest BCUT2D eigenvalue weighted by Crippen LogP contribution is -2.54. The average molecular weight is 513 g/mol. The highest BCUT2D eigenvalue weighted by Gasteiger charge is 2.48. The van der Waals surface area contributed by atoms with Crippen LogP contribution in [-0.2, 0) is 10.3 Å². The molecule has 1 aliphatic heterocycles. The topological polar surface area (TPSA) is 130 Å². The zero-order valence-corrected chi connectivity index (χ0v) is 22.9. The summed E-state index contributed by atoms with van der Waals surface area (Å²) < 4.78 is 0. The van der Waals surface area contributed by atoms with Crippen molar-refractivity contribution in [2.75, 3.05) is 7.05 Å². The molecule has 3 N–H and O–H groups in total. The molecule has 4 rings (SSSR count). The summed E-state index contributed by atoms with van der Waals surface area (Å²) in [5.74, 6) is -0.662. The van der Waals surface area contributed by atoms with Crippen molar-refractivity contribution < 1.29 is 4.79 Å². The second-order valence-corrected chi connectivity index (χ2v) is 9.19. The first-order valence-electron chi connectivity index (χ1n) is 11.9. The van der Waals surface area contributed by atoms with Crippen molar-refractivity contribution in [2.45, 2.75) is 40.2 Å². The molecule has 0 saturated heterocycles. The van der Waals surface area contributed by atoms with Crippen molar-refractivity contribution in [2.24, 2.45) is 16.6 Å². The van der Waals surface area contributed by atoms with Crippen LogP contribution in [0.3, 0.4) is 0 Å². The molecule has 1 aliphatic carbocycles. The van der Waals surface area contributed by atoms with E-state index in [1.54, 1.807) is 43.5 Å². The molecule has 0 saturated carbocycles. The fourth-order valence-corrected chi connectivity index (χ4v) is 5.16. The smallest absolute Gasteiger partial charge is 0.239 e. The van der Waals surface area contributed by atoms with Gasteiger partial charge in [0.25, 0.3) is 0 Å². The van der Waals surface area contributed by atoms with Crippen LogP contribution >= 0.6 is 11.3 Å². The Morgan fingerprint density at radius 1 is 1.19 bits per heavy atom. The van der Waals surface area contributed by atoms with E-state index in [9.17, 15) is 10.1 Å². The predicted octanol–water partition coefficient (Wildman–Crippen LogP) is 5.95. The highest BCUT2D eigenvalue weighted by atomic mass is 32.1. The molecule has 0 bridgehead atoms. The van der Waals surface area contributed by atoms with E-state index in [4.69, 9.17) is 21.4 Å². The number of carbonyl (C=O) groups excluding carboxylic acids is 1. The van der Waals surface area contributed by atoms with Crippen molar-refractivity contribution in [1.29, 1.82) is 15.9 Å². The summed E-state index contributed by atoms with van der Waals surface area (Å²) in [5, 5.41) is 27.0. The van der Waals surface area contributed by atoms with Gasteiger partial charge in [0.05, 0.1) is 23.8 Å². The molecule has 0 radical (unpaired) electrons. The highest BCUT2D eigenvalue weighted by Crippen LogP contribution is 2.46. The van der Waals surface area contributed by atoms with Crippen LogP contribution in [0.1, 0.15) is 39.5 Å². The van der Waals surface area contributed by atoms with Gasteiger partial charge in [0.2, 0.25) is 5.91 Å². The van der Waals surface area contributed by atoms with Crippen molar-refractivity contribution in [3.05, 3.63) is 81.6 Å². The summed E-state index contributed by atoms with van der Waals surface area (Å²) in [6.07, 6.45) is 5.20. The number of nitrogens with two attached hydrogens (primary N) is 1. The molecule has 2 atom stereocenters. The third-order valence-corrected chi connectivity index (χ3v) is 7.14. The maximum atomic E-state index is 13.4. The Morgan fingerprint density at radius 2 is 1.81 bits per heavy atom. The Morgan fingerprint density at radius 3 is 2.38 bits per heavy atom. The van der Waals surface area contributed by atoms with Gasteiger partial charge in [-0.15, -0.1) is 11.3 Å². The highest BCUT2D eigenvalue weighted by molar-refractivity contribution is 7.10. The maximum absolute atomic E-state index is 13.4. The number of carbonyl (C=O) groups is 1. The Balaban J connectivity index is 0.000000898. The summed E-state index contributed by atoms with van der Waals surface area (Å²) in [4.78, 5) is 20.5. The number of nitrogens with one attached hydrogen (secondary N) is 1. The monoisotopic (exact) mass is 512 g/mol. The van der Waals surface area contributed by atoms with E-state index < -0.39 is 11.5 Å².